The first-order valence-corrected chi connectivity index (χ1v) is 8.47. The maximum absolute atomic E-state index is 12.3. The predicted molar refractivity (Wildman–Crippen MR) is 95.6 cm³/mol. The van der Waals surface area contributed by atoms with Gasteiger partial charge < -0.3 is 9.47 Å². The van der Waals surface area contributed by atoms with Crippen molar-refractivity contribution in [2.24, 2.45) is 0 Å². The Morgan fingerprint density at radius 1 is 1.04 bits per heavy atom. The molecule has 24 heavy (non-hydrogen) atoms. The maximum Gasteiger partial charge on any atom is 0.231 e. The van der Waals surface area contributed by atoms with E-state index in [0.717, 1.165) is 23.5 Å². The Kier molecular flexibility index (Phi) is 5.32. The second-order valence-corrected chi connectivity index (χ2v) is 5.96. The number of fused-ring (bicyclic) bond motifs is 1. The molecule has 1 aliphatic heterocycles. The molecule has 0 aliphatic carbocycles. The highest BCUT2D eigenvalue weighted by atomic mass is 16.7. The molecule has 3 rings (SSSR count). The van der Waals surface area contributed by atoms with E-state index >= 15 is 0 Å². The molecule has 3 heteroatoms. The van der Waals surface area contributed by atoms with Crippen LogP contribution in [0.5, 0.6) is 11.5 Å². The Balaban J connectivity index is 1.62. The normalized spacial score (nSPS) is 12.7. The summed E-state index contributed by atoms with van der Waals surface area (Å²) in [5.74, 6) is 1.48. The molecule has 3 nitrogen and oxygen atoms in total. The SMILES string of the molecule is CCCCCc1ccc(C(=O)C=Cc2ccc3c(c2)OCO3)cc1. The lowest BCUT2D eigenvalue weighted by molar-refractivity contribution is 0.104. The van der Waals surface area contributed by atoms with Crippen molar-refractivity contribution in [3.05, 3.63) is 65.2 Å². The topological polar surface area (TPSA) is 35.5 Å². The first kappa shape index (κ1) is 16.3. The average Bonchev–Trinajstić information content (AvgIpc) is 3.08. The van der Waals surface area contributed by atoms with Crippen molar-refractivity contribution >= 4 is 11.9 Å². The molecule has 0 amide bonds. The second kappa shape index (κ2) is 7.82. The number of allylic oxidation sites excluding steroid dienone is 1. The van der Waals surface area contributed by atoms with Crippen molar-refractivity contribution in [3.8, 4) is 11.5 Å². The molecule has 0 N–H and O–H groups in total. The van der Waals surface area contributed by atoms with Gasteiger partial charge in [0.05, 0.1) is 0 Å². The lowest BCUT2D eigenvalue weighted by Gasteiger charge is -2.02. The number of aryl methyl sites for hydroxylation is 1. The highest BCUT2D eigenvalue weighted by molar-refractivity contribution is 6.06. The van der Waals surface area contributed by atoms with Crippen molar-refractivity contribution in [3.63, 3.8) is 0 Å². The summed E-state index contributed by atoms with van der Waals surface area (Å²) in [6.45, 7) is 2.46. The van der Waals surface area contributed by atoms with Crippen molar-refractivity contribution in [2.45, 2.75) is 32.6 Å². The van der Waals surface area contributed by atoms with Crippen molar-refractivity contribution in [1.29, 1.82) is 0 Å². The van der Waals surface area contributed by atoms with Crippen LogP contribution >= 0.6 is 0 Å². The number of ether oxygens (including phenoxy) is 2. The largest absolute Gasteiger partial charge is 0.454 e. The summed E-state index contributed by atoms with van der Waals surface area (Å²) < 4.78 is 10.6. The van der Waals surface area contributed by atoms with Gasteiger partial charge in [-0.25, -0.2) is 0 Å². The van der Waals surface area contributed by atoms with Gasteiger partial charge in [0, 0.05) is 5.56 Å². The van der Waals surface area contributed by atoms with E-state index in [1.807, 2.05) is 30.3 Å². The number of hydrogen-bond acceptors (Lipinski definition) is 3. The van der Waals surface area contributed by atoms with Gasteiger partial charge >= 0.3 is 0 Å². The van der Waals surface area contributed by atoms with Crippen LogP contribution in [0.3, 0.4) is 0 Å². The van der Waals surface area contributed by atoms with Gasteiger partial charge in [-0.3, -0.25) is 4.79 Å². The molecular formula is C21H22O3. The fourth-order valence-electron chi connectivity index (χ4n) is 2.70. The molecular weight excluding hydrogens is 300 g/mol. The molecule has 0 saturated carbocycles. The molecule has 0 aromatic heterocycles. The monoisotopic (exact) mass is 322 g/mol. The zero-order valence-electron chi connectivity index (χ0n) is 14.0. The summed E-state index contributed by atoms with van der Waals surface area (Å²) >= 11 is 0. The van der Waals surface area contributed by atoms with Crippen molar-refractivity contribution < 1.29 is 14.3 Å². The van der Waals surface area contributed by atoms with Gasteiger partial charge in [0.1, 0.15) is 0 Å². The van der Waals surface area contributed by atoms with E-state index < -0.39 is 0 Å². The fourth-order valence-corrected chi connectivity index (χ4v) is 2.70. The maximum atomic E-state index is 12.3. The van der Waals surface area contributed by atoms with Gasteiger partial charge in [0.25, 0.3) is 0 Å². The minimum absolute atomic E-state index is 0.00720. The first-order valence-electron chi connectivity index (χ1n) is 8.47. The molecule has 0 saturated heterocycles. The summed E-state index contributed by atoms with van der Waals surface area (Å²) in [7, 11) is 0. The summed E-state index contributed by atoms with van der Waals surface area (Å²) in [5.41, 5.74) is 2.93. The Bertz CT molecular complexity index is 729. The molecule has 2 aromatic rings. The van der Waals surface area contributed by atoms with Crippen LogP contribution in [0.2, 0.25) is 0 Å². The quantitative estimate of drug-likeness (QED) is 0.407. The lowest BCUT2D eigenvalue weighted by Crippen LogP contribution is -1.95. The summed E-state index contributed by atoms with van der Waals surface area (Å²) in [5, 5.41) is 0. The van der Waals surface area contributed by atoms with Crippen LogP contribution in [0, 0.1) is 0 Å². The summed E-state index contributed by atoms with van der Waals surface area (Å²) in [4.78, 5) is 12.3. The van der Waals surface area contributed by atoms with Crippen LogP contribution in [-0.4, -0.2) is 12.6 Å². The summed E-state index contributed by atoms with van der Waals surface area (Å²) in [6, 6.07) is 13.6. The van der Waals surface area contributed by atoms with Crippen LogP contribution in [0.4, 0.5) is 0 Å². The van der Waals surface area contributed by atoms with E-state index in [2.05, 4.69) is 19.1 Å². The minimum atomic E-state index is 0.00720. The molecule has 0 bridgehead atoms. The second-order valence-electron chi connectivity index (χ2n) is 5.96. The van der Waals surface area contributed by atoms with Gasteiger partial charge in [-0.15, -0.1) is 0 Å². The summed E-state index contributed by atoms with van der Waals surface area (Å²) in [6.07, 6.45) is 8.16. The van der Waals surface area contributed by atoms with E-state index in [4.69, 9.17) is 9.47 Å². The van der Waals surface area contributed by atoms with Crippen molar-refractivity contribution in [1.82, 2.24) is 0 Å². The molecule has 1 aliphatic rings. The number of hydrogen-bond donors (Lipinski definition) is 0. The van der Waals surface area contributed by atoms with E-state index in [-0.39, 0.29) is 12.6 Å². The molecule has 0 radical (unpaired) electrons. The van der Waals surface area contributed by atoms with Gasteiger partial charge in [-0.1, -0.05) is 56.2 Å². The van der Waals surface area contributed by atoms with Crippen LogP contribution in [-0.2, 0) is 6.42 Å². The third-order valence-electron chi connectivity index (χ3n) is 4.13. The van der Waals surface area contributed by atoms with Gasteiger partial charge in [-0.05, 0) is 42.2 Å². The van der Waals surface area contributed by atoms with E-state index in [0.29, 0.717) is 5.56 Å². The third kappa shape index (κ3) is 4.05. The smallest absolute Gasteiger partial charge is 0.231 e. The molecule has 1 heterocycles. The van der Waals surface area contributed by atoms with E-state index in [9.17, 15) is 4.79 Å². The number of benzene rings is 2. The van der Waals surface area contributed by atoms with Gasteiger partial charge in [0.2, 0.25) is 6.79 Å². The number of carbonyl (C=O) groups excluding carboxylic acids is 1. The van der Waals surface area contributed by atoms with Crippen molar-refractivity contribution in [2.75, 3.05) is 6.79 Å². The van der Waals surface area contributed by atoms with E-state index in [1.165, 1.54) is 24.8 Å². The fraction of sp³-hybridized carbons (Fsp3) is 0.286. The average molecular weight is 322 g/mol. The number of carbonyl (C=O) groups is 1. The lowest BCUT2D eigenvalue weighted by atomic mass is 10.0. The Morgan fingerprint density at radius 3 is 2.62 bits per heavy atom. The minimum Gasteiger partial charge on any atom is -0.454 e. The third-order valence-corrected chi connectivity index (χ3v) is 4.13. The standard InChI is InChI=1S/C21H22O3/c1-2-3-4-5-16-6-10-18(11-7-16)19(22)12-8-17-9-13-20-21(14-17)24-15-23-20/h6-14H,2-5,15H2,1H3. The Hall–Kier alpha value is -2.55. The zero-order chi connectivity index (χ0) is 16.8. The highest BCUT2D eigenvalue weighted by Gasteiger charge is 2.12. The van der Waals surface area contributed by atoms with Crippen LogP contribution in [0.25, 0.3) is 6.08 Å². The van der Waals surface area contributed by atoms with Gasteiger partial charge in [-0.2, -0.15) is 0 Å². The Morgan fingerprint density at radius 2 is 1.83 bits per heavy atom. The number of rotatable bonds is 7. The predicted octanol–water partition coefficient (Wildman–Crippen LogP) is 5.04. The molecule has 0 unspecified atom stereocenters. The van der Waals surface area contributed by atoms with Crippen LogP contribution < -0.4 is 9.47 Å². The van der Waals surface area contributed by atoms with E-state index in [1.54, 1.807) is 12.2 Å². The number of ketones is 1. The molecule has 0 fully saturated rings. The van der Waals surface area contributed by atoms with Gasteiger partial charge in [0.15, 0.2) is 17.3 Å². The molecule has 0 spiro atoms. The molecule has 0 atom stereocenters. The number of unbranched alkanes of at least 4 members (excludes halogenated alkanes) is 2. The van der Waals surface area contributed by atoms with Crippen LogP contribution in [0.1, 0.15) is 47.7 Å². The molecule has 2 aromatic carbocycles. The molecule has 124 valence electrons. The highest BCUT2D eigenvalue weighted by Crippen LogP contribution is 2.32. The Labute approximate surface area is 142 Å². The van der Waals surface area contributed by atoms with Crippen LogP contribution in [0.15, 0.2) is 48.5 Å². The zero-order valence-corrected chi connectivity index (χ0v) is 14.0. The first-order chi connectivity index (χ1) is 11.8.